The molecule has 4 rings (SSSR count). The number of likely N-dealkylation sites (tertiary alicyclic amines) is 2. The molecule has 1 amide bonds. The molecule has 0 N–H and O–H groups in total. The van der Waals surface area contributed by atoms with Crippen molar-refractivity contribution in [1.82, 2.24) is 20.0 Å². The van der Waals surface area contributed by atoms with E-state index in [1.807, 2.05) is 0 Å². The van der Waals surface area contributed by atoms with Crippen LogP contribution < -0.4 is 0 Å². The van der Waals surface area contributed by atoms with Crippen molar-refractivity contribution in [2.45, 2.75) is 64.8 Å². The van der Waals surface area contributed by atoms with Crippen molar-refractivity contribution in [2.24, 2.45) is 17.3 Å². The molecule has 1 spiro atoms. The maximum absolute atomic E-state index is 12.7. The summed E-state index contributed by atoms with van der Waals surface area (Å²) in [6.07, 6.45) is 7.76. The molecule has 1 aliphatic carbocycles. The zero-order valence-electron chi connectivity index (χ0n) is 16.4. The summed E-state index contributed by atoms with van der Waals surface area (Å²) in [6.45, 7) is 7.13. The van der Waals surface area contributed by atoms with Gasteiger partial charge in [-0.3, -0.25) is 9.69 Å². The Morgan fingerprint density at radius 2 is 1.92 bits per heavy atom. The van der Waals surface area contributed by atoms with Crippen LogP contribution in [0.2, 0.25) is 0 Å². The Balaban J connectivity index is 1.36. The van der Waals surface area contributed by atoms with E-state index < -0.39 is 0 Å². The van der Waals surface area contributed by atoms with E-state index in [2.05, 4.69) is 40.9 Å². The van der Waals surface area contributed by atoms with Gasteiger partial charge in [-0.25, -0.2) is 0 Å². The number of amides is 1. The van der Waals surface area contributed by atoms with Crippen LogP contribution in [-0.2, 0) is 11.2 Å². The van der Waals surface area contributed by atoms with Crippen molar-refractivity contribution >= 4 is 5.91 Å². The van der Waals surface area contributed by atoms with Gasteiger partial charge in [0.2, 0.25) is 17.7 Å². The van der Waals surface area contributed by atoms with Gasteiger partial charge in [-0.1, -0.05) is 33.1 Å². The Hall–Kier alpha value is -1.43. The first kappa shape index (κ1) is 18.0. The molecule has 1 atom stereocenters. The van der Waals surface area contributed by atoms with Gasteiger partial charge < -0.3 is 9.32 Å². The maximum Gasteiger partial charge on any atom is 0.233 e. The fraction of sp³-hybridized carbons (Fsp3) is 0.850. The van der Waals surface area contributed by atoms with E-state index in [9.17, 15) is 4.79 Å². The predicted octanol–water partition coefficient (Wildman–Crippen LogP) is 3.05. The molecule has 1 aromatic rings. The van der Waals surface area contributed by atoms with Crippen LogP contribution in [0.3, 0.4) is 0 Å². The zero-order valence-corrected chi connectivity index (χ0v) is 16.4. The molecule has 26 heavy (non-hydrogen) atoms. The van der Waals surface area contributed by atoms with Gasteiger partial charge in [-0.2, -0.15) is 0 Å². The highest BCUT2D eigenvalue weighted by Crippen LogP contribution is 2.48. The predicted molar refractivity (Wildman–Crippen MR) is 98.4 cm³/mol. The molecule has 6 nitrogen and oxygen atoms in total. The summed E-state index contributed by atoms with van der Waals surface area (Å²) < 4.78 is 5.94. The minimum Gasteiger partial charge on any atom is -0.424 e. The Morgan fingerprint density at radius 3 is 2.62 bits per heavy atom. The van der Waals surface area contributed by atoms with Gasteiger partial charge in [0.25, 0.3) is 0 Å². The molecular formula is C20H32N4O2. The van der Waals surface area contributed by atoms with Crippen LogP contribution in [0.1, 0.15) is 70.2 Å². The fourth-order valence-electron chi connectivity index (χ4n) is 5.13. The second-order valence-electron chi connectivity index (χ2n) is 9.30. The monoisotopic (exact) mass is 360 g/mol. The van der Waals surface area contributed by atoms with E-state index in [0.29, 0.717) is 11.8 Å². The van der Waals surface area contributed by atoms with E-state index in [0.717, 1.165) is 57.1 Å². The third-order valence-corrected chi connectivity index (χ3v) is 6.41. The Morgan fingerprint density at radius 1 is 1.19 bits per heavy atom. The summed E-state index contributed by atoms with van der Waals surface area (Å²) in [7, 11) is 2.14. The summed E-state index contributed by atoms with van der Waals surface area (Å²) in [6, 6.07) is 0.190. The first-order chi connectivity index (χ1) is 12.5. The number of aromatic nitrogens is 2. The lowest BCUT2D eigenvalue weighted by atomic mass is 9.76. The van der Waals surface area contributed by atoms with Crippen molar-refractivity contribution in [1.29, 1.82) is 0 Å². The van der Waals surface area contributed by atoms with Gasteiger partial charge in [0.15, 0.2) is 0 Å². The molecule has 144 valence electrons. The van der Waals surface area contributed by atoms with Crippen LogP contribution in [-0.4, -0.2) is 52.6 Å². The van der Waals surface area contributed by atoms with Gasteiger partial charge in [-0.05, 0) is 32.2 Å². The molecule has 3 heterocycles. The lowest BCUT2D eigenvalue weighted by molar-refractivity contribution is -0.148. The highest BCUT2D eigenvalue weighted by Gasteiger charge is 2.53. The number of carbonyl (C=O) groups excluding carboxylic acids is 1. The second kappa shape index (κ2) is 6.95. The largest absolute Gasteiger partial charge is 0.424 e. The SMILES string of the molecule is CC(C)Cc1nnc(C2CC3(CN(C(=O)C4CCCCC4)C3)CN2C)o1. The van der Waals surface area contributed by atoms with Crippen molar-refractivity contribution < 1.29 is 9.21 Å². The van der Waals surface area contributed by atoms with Crippen LogP contribution in [0.15, 0.2) is 4.42 Å². The average molecular weight is 361 g/mol. The van der Waals surface area contributed by atoms with Crippen LogP contribution >= 0.6 is 0 Å². The van der Waals surface area contributed by atoms with E-state index in [4.69, 9.17) is 4.42 Å². The van der Waals surface area contributed by atoms with Crippen LogP contribution in [0.4, 0.5) is 0 Å². The van der Waals surface area contributed by atoms with Gasteiger partial charge in [0, 0.05) is 37.4 Å². The van der Waals surface area contributed by atoms with E-state index in [-0.39, 0.29) is 17.4 Å². The second-order valence-corrected chi connectivity index (χ2v) is 9.30. The molecule has 6 heteroatoms. The summed E-state index contributed by atoms with van der Waals surface area (Å²) in [5.74, 6) is 2.69. The molecule has 0 bridgehead atoms. The van der Waals surface area contributed by atoms with Gasteiger partial charge >= 0.3 is 0 Å². The summed E-state index contributed by atoms with van der Waals surface area (Å²) in [4.78, 5) is 17.2. The molecule has 2 saturated heterocycles. The van der Waals surface area contributed by atoms with Gasteiger partial charge in [0.05, 0.1) is 6.04 Å². The third-order valence-electron chi connectivity index (χ3n) is 6.41. The normalized spacial score (nSPS) is 26.6. The molecule has 2 aliphatic heterocycles. The summed E-state index contributed by atoms with van der Waals surface area (Å²) >= 11 is 0. The maximum atomic E-state index is 12.7. The van der Waals surface area contributed by atoms with Gasteiger partial charge in [-0.15, -0.1) is 10.2 Å². The first-order valence-corrected chi connectivity index (χ1v) is 10.3. The van der Waals surface area contributed by atoms with Crippen molar-refractivity contribution in [3.05, 3.63) is 11.8 Å². The highest BCUT2D eigenvalue weighted by molar-refractivity contribution is 5.80. The quantitative estimate of drug-likeness (QED) is 0.826. The molecule has 0 aromatic carbocycles. The molecular weight excluding hydrogens is 328 g/mol. The van der Waals surface area contributed by atoms with Crippen LogP contribution in [0, 0.1) is 17.3 Å². The number of rotatable bonds is 4. The Labute approximate surface area is 156 Å². The van der Waals surface area contributed by atoms with E-state index in [1.54, 1.807) is 0 Å². The number of nitrogens with zero attached hydrogens (tertiary/aromatic N) is 4. The molecule has 1 aromatic heterocycles. The van der Waals surface area contributed by atoms with E-state index >= 15 is 0 Å². The summed E-state index contributed by atoms with van der Waals surface area (Å²) in [5, 5.41) is 8.54. The molecule has 3 aliphatic rings. The molecule has 1 unspecified atom stereocenters. The average Bonchev–Trinajstić information content (AvgIpc) is 3.17. The first-order valence-electron chi connectivity index (χ1n) is 10.3. The number of carbonyl (C=O) groups is 1. The fourth-order valence-corrected chi connectivity index (χ4v) is 5.13. The topological polar surface area (TPSA) is 62.5 Å². The lowest BCUT2D eigenvalue weighted by Gasteiger charge is -2.49. The highest BCUT2D eigenvalue weighted by atomic mass is 16.4. The van der Waals surface area contributed by atoms with Gasteiger partial charge in [0.1, 0.15) is 0 Å². The third kappa shape index (κ3) is 3.40. The van der Waals surface area contributed by atoms with Crippen molar-refractivity contribution in [2.75, 3.05) is 26.7 Å². The van der Waals surface area contributed by atoms with Crippen LogP contribution in [0.25, 0.3) is 0 Å². The molecule has 0 radical (unpaired) electrons. The van der Waals surface area contributed by atoms with Crippen molar-refractivity contribution in [3.63, 3.8) is 0 Å². The summed E-state index contributed by atoms with van der Waals surface area (Å²) in [5.41, 5.74) is 0.219. The Kier molecular flexibility index (Phi) is 4.80. The standard InChI is InChI=1S/C20H32N4O2/c1-14(2)9-17-21-22-18(26-17)16-10-20(11-23(16)3)12-24(13-20)19(25)15-7-5-4-6-8-15/h14-16H,4-13H2,1-3H3. The number of hydrogen-bond acceptors (Lipinski definition) is 5. The molecule has 1 saturated carbocycles. The smallest absolute Gasteiger partial charge is 0.233 e. The number of hydrogen-bond donors (Lipinski definition) is 0. The van der Waals surface area contributed by atoms with Crippen LogP contribution in [0.5, 0.6) is 0 Å². The van der Waals surface area contributed by atoms with E-state index in [1.165, 1.54) is 19.3 Å². The molecule has 3 fully saturated rings. The zero-order chi connectivity index (χ0) is 18.3. The Bertz CT molecular complexity index is 644. The lowest BCUT2D eigenvalue weighted by Crippen LogP contribution is -2.60. The minimum atomic E-state index is 0.190. The van der Waals surface area contributed by atoms with Crippen molar-refractivity contribution in [3.8, 4) is 0 Å². The minimum absolute atomic E-state index is 0.190.